The van der Waals surface area contributed by atoms with Gasteiger partial charge in [-0.15, -0.1) is 11.3 Å². The zero-order valence-corrected chi connectivity index (χ0v) is 17.0. The molecule has 0 bridgehead atoms. The van der Waals surface area contributed by atoms with E-state index in [-0.39, 0.29) is 17.9 Å². The summed E-state index contributed by atoms with van der Waals surface area (Å²) < 4.78 is 5.62. The molecule has 11 heteroatoms. The molecule has 0 radical (unpaired) electrons. The van der Waals surface area contributed by atoms with Crippen LogP contribution in [0.3, 0.4) is 0 Å². The minimum Gasteiger partial charge on any atom is -0.489 e. The molecule has 0 saturated carbocycles. The van der Waals surface area contributed by atoms with Crippen molar-refractivity contribution in [3.8, 4) is 5.75 Å². The van der Waals surface area contributed by atoms with Gasteiger partial charge in [-0.3, -0.25) is 25.0 Å². The Kier molecular flexibility index (Phi) is 6.28. The molecule has 30 heavy (non-hydrogen) atoms. The van der Waals surface area contributed by atoms with Gasteiger partial charge >= 0.3 is 0 Å². The SMILES string of the molecule is Cc1c([N+](=O)[O-])cc(NC(=O)c2cc(COc3ccc(Cl)cc3)cs2)cc1[N+](=O)[O-]. The Balaban J connectivity index is 1.73. The summed E-state index contributed by atoms with van der Waals surface area (Å²) in [6.45, 7) is 1.51. The van der Waals surface area contributed by atoms with Gasteiger partial charge in [0.1, 0.15) is 17.9 Å². The highest BCUT2D eigenvalue weighted by atomic mass is 35.5. The van der Waals surface area contributed by atoms with Crippen molar-refractivity contribution >= 4 is 45.9 Å². The van der Waals surface area contributed by atoms with E-state index < -0.39 is 27.1 Å². The summed E-state index contributed by atoms with van der Waals surface area (Å²) in [4.78, 5) is 33.7. The second-order valence-corrected chi connectivity index (χ2v) is 7.52. The molecular formula is C19H14ClN3O6S. The molecule has 1 amide bonds. The van der Waals surface area contributed by atoms with Crippen molar-refractivity contribution in [3.05, 3.63) is 89.1 Å². The van der Waals surface area contributed by atoms with E-state index in [0.29, 0.717) is 15.6 Å². The zero-order chi connectivity index (χ0) is 21.8. The predicted octanol–water partition coefficient (Wildman–Crippen LogP) is 5.36. The van der Waals surface area contributed by atoms with Gasteiger partial charge in [0.05, 0.1) is 20.4 Å². The minimum atomic E-state index is -0.727. The molecule has 0 fully saturated rings. The number of nitro groups is 2. The quantitative estimate of drug-likeness (QED) is 0.384. The highest BCUT2D eigenvalue weighted by molar-refractivity contribution is 7.12. The third kappa shape index (κ3) is 4.91. The average Bonchev–Trinajstić information content (AvgIpc) is 3.17. The van der Waals surface area contributed by atoms with E-state index in [9.17, 15) is 25.0 Å². The highest BCUT2D eigenvalue weighted by Gasteiger charge is 2.24. The fourth-order valence-electron chi connectivity index (χ4n) is 2.60. The van der Waals surface area contributed by atoms with Gasteiger partial charge < -0.3 is 10.1 Å². The first-order valence-electron chi connectivity index (χ1n) is 8.45. The molecule has 0 atom stereocenters. The number of benzene rings is 2. The lowest BCUT2D eigenvalue weighted by atomic mass is 10.1. The van der Waals surface area contributed by atoms with Crippen LogP contribution in [0.5, 0.6) is 5.75 Å². The summed E-state index contributed by atoms with van der Waals surface area (Å²) in [5.41, 5.74) is -0.247. The normalized spacial score (nSPS) is 10.5. The van der Waals surface area contributed by atoms with Crippen molar-refractivity contribution < 1.29 is 19.4 Å². The smallest absolute Gasteiger partial charge is 0.281 e. The van der Waals surface area contributed by atoms with Gasteiger partial charge in [0.2, 0.25) is 0 Å². The van der Waals surface area contributed by atoms with Gasteiger partial charge in [0, 0.05) is 22.7 Å². The molecular weight excluding hydrogens is 434 g/mol. The Bertz CT molecular complexity index is 1090. The van der Waals surface area contributed by atoms with Gasteiger partial charge in [0.25, 0.3) is 17.3 Å². The van der Waals surface area contributed by atoms with Crippen LogP contribution in [0.2, 0.25) is 5.02 Å². The number of hydrogen-bond acceptors (Lipinski definition) is 7. The topological polar surface area (TPSA) is 125 Å². The minimum absolute atomic E-state index is 0.0311. The van der Waals surface area contributed by atoms with Crippen LogP contribution in [0, 0.1) is 27.2 Å². The maximum atomic E-state index is 12.5. The van der Waals surface area contributed by atoms with E-state index in [0.717, 1.165) is 29.0 Å². The number of nitrogens with one attached hydrogen (secondary N) is 1. The van der Waals surface area contributed by atoms with Crippen molar-refractivity contribution in [1.29, 1.82) is 0 Å². The van der Waals surface area contributed by atoms with Crippen molar-refractivity contribution in [3.63, 3.8) is 0 Å². The summed E-state index contributed by atoms with van der Waals surface area (Å²) in [5, 5.41) is 27.1. The molecule has 1 aromatic heterocycles. The second kappa shape index (κ2) is 8.89. The number of ether oxygens (including phenoxy) is 1. The fraction of sp³-hybridized carbons (Fsp3) is 0.105. The van der Waals surface area contributed by atoms with Crippen molar-refractivity contribution in [2.45, 2.75) is 13.5 Å². The molecule has 9 nitrogen and oxygen atoms in total. The van der Waals surface area contributed by atoms with Crippen LogP contribution in [0.15, 0.2) is 47.8 Å². The monoisotopic (exact) mass is 447 g/mol. The standard InChI is InChI=1S/C19H14ClN3O6S/c1-11-16(22(25)26)7-14(8-17(11)23(27)28)21-19(24)18-6-12(10-30-18)9-29-15-4-2-13(20)3-5-15/h2-8,10H,9H2,1H3,(H,21,24). The van der Waals surface area contributed by atoms with Crippen molar-refractivity contribution in [1.82, 2.24) is 0 Å². The third-order valence-electron chi connectivity index (χ3n) is 4.10. The summed E-state index contributed by atoms with van der Waals surface area (Å²) in [5.74, 6) is 0.0843. The van der Waals surface area contributed by atoms with Gasteiger partial charge in [-0.2, -0.15) is 0 Å². The van der Waals surface area contributed by atoms with Crippen LogP contribution in [-0.4, -0.2) is 15.8 Å². The number of anilines is 1. The molecule has 0 spiro atoms. The number of halogens is 1. The first-order chi connectivity index (χ1) is 14.2. The Hall–Kier alpha value is -3.50. The Morgan fingerprint density at radius 1 is 1.10 bits per heavy atom. The highest BCUT2D eigenvalue weighted by Crippen LogP contribution is 2.32. The number of carbonyl (C=O) groups excluding carboxylic acids is 1. The fourth-order valence-corrected chi connectivity index (χ4v) is 3.51. The maximum absolute atomic E-state index is 12.5. The van der Waals surface area contributed by atoms with Crippen LogP contribution < -0.4 is 10.1 Å². The number of amides is 1. The van der Waals surface area contributed by atoms with E-state index in [1.807, 2.05) is 0 Å². The molecule has 0 unspecified atom stereocenters. The molecule has 0 aliphatic heterocycles. The van der Waals surface area contributed by atoms with Gasteiger partial charge in [0.15, 0.2) is 0 Å². The Morgan fingerprint density at radius 3 is 2.27 bits per heavy atom. The number of rotatable bonds is 7. The summed E-state index contributed by atoms with van der Waals surface area (Å²) >= 11 is 6.98. The third-order valence-corrected chi connectivity index (χ3v) is 5.33. The predicted molar refractivity (Wildman–Crippen MR) is 113 cm³/mol. The first kappa shape index (κ1) is 21.2. The molecule has 3 rings (SSSR count). The van der Waals surface area contributed by atoms with Gasteiger partial charge in [-0.25, -0.2) is 0 Å². The van der Waals surface area contributed by atoms with Gasteiger partial charge in [-0.05, 0) is 42.6 Å². The lowest BCUT2D eigenvalue weighted by Crippen LogP contribution is -2.11. The average molecular weight is 448 g/mol. The molecule has 154 valence electrons. The van der Waals surface area contributed by atoms with Crippen LogP contribution in [0.25, 0.3) is 0 Å². The number of carbonyl (C=O) groups is 1. The number of thiophene rings is 1. The zero-order valence-electron chi connectivity index (χ0n) is 15.5. The first-order valence-corrected chi connectivity index (χ1v) is 9.71. The van der Waals surface area contributed by atoms with Crippen molar-refractivity contribution in [2.24, 2.45) is 0 Å². The van der Waals surface area contributed by atoms with E-state index >= 15 is 0 Å². The van der Waals surface area contributed by atoms with Crippen LogP contribution in [-0.2, 0) is 6.61 Å². The molecule has 1 heterocycles. The lowest BCUT2D eigenvalue weighted by Gasteiger charge is -2.06. The number of nitrogens with zero attached hydrogens (tertiary/aromatic N) is 2. The van der Waals surface area contributed by atoms with Gasteiger partial charge in [-0.1, -0.05) is 11.6 Å². The molecule has 0 aliphatic carbocycles. The molecule has 1 N–H and O–H groups in total. The maximum Gasteiger partial charge on any atom is 0.281 e. The van der Waals surface area contributed by atoms with E-state index in [1.165, 1.54) is 6.92 Å². The van der Waals surface area contributed by atoms with Crippen LogP contribution >= 0.6 is 22.9 Å². The number of nitro benzene ring substituents is 2. The van der Waals surface area contributed by atoms with Crippen LogP contribution in [0.1, 0.15) is 20.8 Å². The van der Waals surface area contributed by atoms with Crippen molar-refractivity contribution in [2.75, 3.05) is 5.32 Å². The summed E-state index contributed by atoms with van der Waals surface area (Å²) in [6.07, 6.45) is 0. The summed E-state index contributed by atoms with van der Waals surface area (Å²) in [6, 6.07) is 10.6. The number of hydrogen-bond donors (Lipinski definition) is 1. The van der Waals surface area contributed by atoms with E-state index in [2.05, 4.69) is 5.32 Å². The molecule has 0 aliphatic rings. The Labute approximate surface area is 179 Å². The van der Waals surface area contributed by atoms with Crippen LogP contribution in [0.4, 0.5) is 17.1 Å². The second-order valence-electron chi connectivity index (χ2n) is 6.17. The van der Waals surface area contributed by atoms with E-state index in [4.69, 9.17) is 16.3 Å². The molecule has 2 aromatic carbocycles. The largest absolute Gasteiger partial charge is 0.489 e. The Morgan fingerprint density at radius 2 is 1.70 bits per heavy atom. The summed E-state index contributed by atoms with van der Waals surface area (Å²) in [7, 11) is 0. The van der Waals surface area contributed by atoms with E-state index in [1.54, 1.807) is 35.7 Å². The lowest BCUT2D eigenvalue weighted by molar-refractivity contribution is -0.395. The molecule has 0 saturated heterocycles. The molecule has 3 aromatic rings.